The van der Waals surface area contributed by atoms with E-state index in [1.165, 1.54) is 14.2 Å². The third-order valence-electron chi connectivity index (χ3n) is 2.15. The molecule has 146 valence electrons. The van der Waals surface area contributed by atoms with E-state index in [-0.39, 0.29) is 0 Å². The second-order valence-electron chi connectivity index (χ2n) is 4.74. The molecule has 0 aliphatic rings. The van der Waals surface area contributed by atoms with E-state index in [2.05, 4.69) is 48.4 Å². The first kappa shape index (κ1) is 27.8. The first-order valence-corrected chi connectivity index (χ1v) is 18.1. The molecule has 2 radical (unpaired) electrons. The van der Waals surface area contributed by atoms with Crippen LogP contribution in [0.4, 0.5) is 0 Å². The van der Waals surface area contributed by atoms with E-state index in [4.69, 9.17) is 41.3 Å². The zero-order chi connectivity index (χ0) is 21.4. The Morgan fingerprint density at radius 2 is 1.22 bits per heavy atom. The van der Waals surface area contributed by atoms with Crippen LogP contribution in [-0.2, 0) is 14.4 Å². The van der Waals surface area contributed by atoms with Crippen LogP contribution in [0, 0.1) is 0 Å². The molecule has 2 aromatic rings. The zero-order valence-electron chi connectivity index (χ0n) is 14.9. The first-order valence-electron chi connectivity index (χ1n) is 7.30. The van der Waals surface area contributed by atoms with Gasteiger partial charge in [0.15, 0.2) is 0 Å². The predicted molar refractivity (Wildman–Crippen MR) is 111 cm³/mol. The molecule has 0 fully saturated rings. The zero-order valence-corrected chi connectivity index (χ0v) is 21.2. The summed E-state index contributed by atoms with van der Waals surface area (Å²) < 4.78 is 1.47. The van der Waals surface area contributed by atoms with Crippen molar-refractivity contribution < 1.29 is 29.7 Å². The Bertz CT molecular complexity index is 682. The van der Waals surface area contributed by atoms with Crippen molar-refractivity contribution in [2.45, 2.75) is 20.8 Å². The molecule has 6 nitrogen and oxygen atoms in total. The quantitative estimate of drug-likeness (QED) is 0.424. The number of carbonyl (C=O) groups is 3. The van der Waals surface area contributed by atoms with E-state index in [9.17, 15) is 0 Å². The molecule has 0 bridgehead atoms. The van der Waals surface area contributed by atoms with Crippen molar-refractivity contribution in [1.29, 1.82) is 0 Å². The molecule has 2 aromatic carbocycles. The molecule has 0 heterocycles. The summed E-state index contributed by atoms with van der Waals surface area (Å²) in [6.45, 7) is 3.25. The van der Waals surface area contributed by atoms with Crippen LogP contribution in [0.15, 0.2) is 48.5 Å². The standard InChI is InChI=1S/C12H8Cl.3C2H4O2.BrH.Pb/c13-12-8-6-11(7-9-12)10-4-2-1-3-5-10;3*1-2(3)4;;/h1-2,4-9H;3*1H3,(H,3,4);1H;/q;;;;;+1/p-1. The predicted octanol–water partition coefficient (Wildman–Crippen LogP) is 3.92. The fourth-order valence-electron chi connectivity index (χ4n) is 1.40. The normalized spacial score (nSPS) is 8.48. The molecule has 0 spiro atoms. The minimum absolute atomic E-state index is 0.712. The summed E-state index contributed by atoms with van der Waals surface area (Å²) >= 11 is 8.80. The van der Waals surface area contributed by atoms with Crippen LogP contribution in [0.2, 0.25) is 5.02 Å². The van der Waals surface area contributed by atoms with Gasteiger partial charge in [0.2, 0.25) is 0 Å². The molecule has 0 aliphatic carbocycles. The van der Waals surface area contributed by atoms with Gasteiger partial charge in [0.05, 0.1) is 0 Å². The van der Waals surface area contributed by atoms with Crippen molar-refractivity contribution >= 4 is 66.4 Å². The van der Waals surface area contributed by atoms with Crippen LogP contribution in [-0.4, -0.2) is 55.1 Å². The molecule has 0 atom stereocenters. The molecule has 0 amide bonds. The number of carboxylic acids is 3. The Kier molecular flexibility index (Phi) is 17.2. The molecule has 3 N–H and O–H groups in total. The summed E-state index contributed by atoms with van der Waals surface area (Å²) in [4.78, 5) is 27.0. The SMILES string of the molecule is CC(=O)O.CC(=O)O.CC(=O)O.Clc1ccc(-c2ccc[c]([Pb][Br])c2)cc1. The molecule has 9 heteroatoms. The second-order valence-corrected chi connectivity index (χ2v) is 11.6. The van der Waals surface area contributed by atoms with Crippen LogP contribution in [0.25, 0.3) is 11.1 Å². The Morgan fingerprint density at radius 1 is 0.815 bits per heavy atom. The Morgan fingerprint density at radius 3 is 1.59 bits per heavy atom. The number of benzene rings is 2. The summed E-state index contributed by atoms with van der Waals surface area (Å²) in [5, 5.41) is 23.0. The molecular weight excluding hydrogens is 635 g/mol. The number of carboxylic acid groups (broad SMARTS) is 3. The molecule has 2 rings (SSSR count). The summed E-state index contributed by atoms with van der Waals surface area (Å²) in [6, 6.07) is 16.7. The maximum atomic E-state index is 9.00. The summed E-state index contributed by atoms with van der Waals surface area (Å²) in [5.74, 6) is -2.50. The van der Waals surface area contributed by atoms with Crippen molar-refractivity contribution in [3.05, 3.63) is 53.6 Å². The summed E-state index contributed by atoms with van der Waals surface area (Å²) in [5.41, 5.74) is 2.50. The Hall–Kier alpha value is -1.46. The Balaban J connectivity index is 0. The van der Waals surface area contributed by atoms with Gasteiger partial charge < -0.3 is 15.3 Å². The van der Waals surface area contributed by atoms with E-state index in [1.807, 2.05) is 12.1 Å². The van der Waals surface area contributed by atoms with Gasteiger partial charge in [-0.3, -0.25) is 14.4 Å². The monoisotopic (exact) mass is 654 g/mol. The van der Waals surface area contributed by atoms with Gasteiger partial charge in [-0.2, -0.15) is 0 Å². The van der Waals surface area contributed by atoms with Gasteiger partial charge in [-0.05, 0) is 0 Å². The molecule has 0 saturated carbocycles. The molecule has 27 heavy (non-hydrogen) atoms. The van der Waals surface area contributed by atoms with Crippen molar-refractivity contribution in [3.8, 4) is 11.1 Å². The van der Waals surface area contributed by atoms with Crippen molar-refractivity contribution in [1.82, 2.24) is 0 Å². The van der Waals surface area contributed by atoms with E-state index in [0.717, 1.165) is 25.8 Å². The molecule has 0 aromatic heterocycles. The molecular formula is C18H20BrClO6Pb. The van der Waals surface area contributed by atoms with Gasteiger partial charge in [-0.1, -0.05) is 0 Å². The van der Waals surface area contributed by atoms with Crippen LogP contribution in [0.1, 0.15) is 20.8 Å². The van der Waals surface area contributed by atoms with Gasteiger partial charge in [-0.25, -0.2) is 0 Å². The van der Waals surface area contributed by atoms with E-state index in [0.29, 0.717) is 0 Å². The van der Waals surface area contributed by atoms with Crippen molar-refractivity contribution in [2.75, 3.05) is 0 Å². The van der Waals surface area contributed by atoms with E-state index >= 15 is 0 Å². The molecule has 0 aliphatic heterocycles. The third-order valence-corrected chi connectivity index (χ3v) is 8.48. The van der Waals surface area contributed by atoms with Gasteiger partial charge in [0, 0.05) is 20.8 Å². The second kappa shape index (κ2) is 16.7. The third kappa shape index (κ3) is 20.7. The van der Waals surface area contributed by atoms with Crippen LogP contribution < -0.4 is 3.12 Å². The average molecular weight is 655 g/mol. The number of hydrogen-bond acceptors (Lipinski definition) is 3. The van der Waals surface area contributed by atoms with E-state index < -0.39 is 39.7 Å². The number of halogens is 2. The van der Waals surface area contributed by atoms with Gasteiger partial charge in [-0.15, -0.1) is 0 Å². The van der Waals surface area contributed by atoms with Gasteiger partial charge >= 0.3 is 113 Å². The summed E-state index contributed by atoms with van der Waals surface area (Å²) in [7, 11) is 0. The topological polar surface area (TPSA) is 112 Å². The number of hydrogen-bond donors (Lipinski definition) is 3. The molecule has 0 saturated heterocycles. The van der Waals surface area contributed by atoms with Gasteiger partial charge in [0.25, 0.3) is 17.9 Å². The van der Waals surface area contributed by atoms with Crippen LogP contribution in [0.5, 0.6) is 0 Å². The van der Waals surface area contributed by atoms with Crippen LogP contribution in [0.3, 0.4) is 0 Å². The van der Waals surface area contributed by atoms with Crippen molar-refractivity contribution in [2.24, 2.45) is 0 Å². The summed E-state index contributed by atoms with van der Waals surface area (Å²) in [6.07, 6.45) is 0. The fourth-order valence-corrected chi connectivity index (χ4v) is 5.13. The van der Waals surface area contributed by atoms with Crippen LogP contribution >= 0.6 is 23.6 Å². The minimum atomic E-state index is -0.833. The maximum absolute atomic E-state index is 9.00. The number of aliphatic carboxylic acids is 3. The van der Waals surface area contributed by atoms with Gasteiger partial charge in [0.1, 0.15) is 0 Å². The first-order chi connectivity index (χ1) is 12.5. The average Bonchev–Trinajstić information content (AvgIpc) is 2.54. The van der Waals surface area contributed by atoms with E-state index in [1.54, 1.807) is 0 Å². The fraction of sp³-hybridized carbons (Fsp3) is 0.167. The molecule has 0 unspecified atom stereocenters. The number of rotatable bonds is 2. The van der Waals surface area contributed by atoms with Crippen molar-refractivity contribution in [3.63, 3.8) is 0 Å². The Labute approximate surface area is 180 Å².